The summed E-state index contributed by atoms with van der Waals surface area (Å²) in [5.74, 6) is 0.800. The van der Waals surface area contributed by atoms with E-state index in [0.29, 0.717) is 13.0 Å². The van der Waals surface area contributed by atoms with Crippen molar-refractivity contribution in [2.24, 2.45) is 0 Å². The van der Waals surface area contributed by atoms with Crippen molar-refractivity contribution in [3.8, 4) is 5.75 Å². The van der Waals surface area contributed by atoms with E-state index in [1.807, 2.05) is 61.6 Å². The number of pyridine rings is 1. The fourth-order valence-corrected chi connectivity index (χ4v) is 2.80. The van der Waals surface area contributed by atoms with E-state index in [4.69, 9.17) is 4.74 Å². The first kappa shape index (κ1) is 16.0. The van der Waals surface area contributed by atoms with Crippen molar-refractivity contribution in [3.05, 3.63) is 71.9 Å². The monoisotopic (exact) mass is 320 g/mol. The third-order valence-corrected chi connectivity index (χ3v) is 4.10. The van der Waals surface area contributed by atoms with Gasteiger partial charge in [-0.1, -0.05) is 36.4 Å². The number of aromatic nitrogens is 1. The van der Waals surface area contributed by atoms with Gasteiger partial charge in [-0.25, -0.2) is 0 Å². The van der Waals surface area contributed by atoms with E-state index in [0.717, 1.165) is 27.8 Å². The van der Waals surface area contributed by atoms with E-state index >= 15 is 0 Å². The van der Waals surface area contributed by atoms with E-state index in [9.17, 15) is 4.79 Å². The number of ether oxygens (including phenoxy) is 1. The summed E-state index contributed by atoms with van der Waals surface area (Å²) in [4.78, 5) is 18.7. The second kappa shape index (κ2) is 7.13. The van der Waals surface area contributed by atoms with Crippen LogP contribution in [0.15, 0.2) is 60.8 Å². The Morgan fingerprint density at radius 2 is 1.83 bits per heavy atom. The number of para-hydroxylation sites is 1. The van der Waals surface area contributed by atoms with Crippen molar-refractivity contribution in [2.75, 3.05) is 14.2 Å². The van der Waals surface area contributed by atoms with Gasteiger partial charge in [-0.15, -0.1) is 0 Å². The largest absolute Gasteiger partial charge is 0.496 e. The highest BCUT2D eigenvalue weighted by atomic mass is 16.5. The minimum atomic E-state index is 0.0559. The fraction of sp³-hybridized carbons (Fsp3) is 0.200. The van der Waals surface area contributed by atoms with E-state index in [2.05, 4.69) is 4.98 Å². The Balaban J connectivity index is 1.76. The van der Waals surface area contributed by atoms with Crippen LogP contribution in [0.1, 0.15) is 11.1 Å². The normalized spacial score (nSPS) is 10.6. The lowest BCUT2D eigenvalue weighted by atomic mass is 10.1. The zero-order valence-corrected chi connectivity index (χ0v) is 13.9. The maximum atomic E-state index is 12.6. The molecule has 0 unspecified atom stereocenters. The quantitative estimate of drug-likeness (QED) is 0.723. The van der Waals surface area contributed by atoms with Crippen LogP contribution in [0, 0.1) is 0 Å². The average molecular weight is 320 g/mol. The van der Waals surface area contributed by atoms with Crippen LogP contribution in [-0.4, -0.2) is 29.9 Å². The topological polar surface area (TPSA) is 42.4 Å². The first-order valence-corrected chi connectivity index (χ1v) is 7.87. The van der Waals surface area contributed by atoms with Gasteiger partial charge in [0.25, 0.3) is 0 Å². The van der Waals surface area contributed by atoms with Crippen molar-refractivity contribution in [1.82, 2.24) is 9.88 Å². The van der Waals surface area contributed by atoms with Crippen LogP contribution < -0.4 is 4.74 Å². The van der Waals surface area contributed by atoms with Gasteiger partial charge in [0, 0.05) is 30.7 Å². The predicted octanol–water partition coefficient (Wildman–Crippen LogP) is 3.44. The molecule has 24 heavy (non-hydrogen) atoms. The highest BCUT2D eigenvalue weighted by Gasteiger charge is 2.14. The maximum absolute atomic E-state index is 12.6. The molecule has 3 aromatic rings. The van der Waals surface area contributed by atoms with Crippen LogP contribution in [-0.2, 0) is 17.8 Å². The molecule has 0 saturated carbocycles. The summed E-state index contributed by atoms with van der Waals surface area (Å²) in [5.41, 5.74) is 2.94. The van der Waals surface area contributed by atoms with Crippen molar-refractivity contribution in [3.63, 3.8) is 0 Å². The number of hydrogen-bond donors (Lipinski definition) is 0. The smallest absolute Gasteiger partial charge is 0.227 e. The summed E-state index contributed by atoms with van der Waals surface area (Å²) in [6.45, 7) is 0.553. The molecular formula is C20H20N2O2. The van der Waals surface area contributed by atoms with Crippen molar-refractivity contribution in [1.29, 1.82) is 0 Å². The number of methoxy groups -OCH3 is 1. The van der Waals surface area contributed by atoms with E-state index in [1.165, 1.54) is 0 Å². The molecule has 1 heterocycles. The van der Waals surface area contributed by atoms with Gasteiger partial charge in [-0.2, -0.15) is 0 Å². The van der Waals surface area contributed by atoms with Gasteiger partial charge in [0.05, 0.1) is 19.0 Å². The van der Waals surface area contributed by atoms with E-state index < -0.39 is 0 Å². The first-order valence-electron chi connectivity index (χ1n) is 7.87. The molecule has 0 aliphatic rings. The Morgan fingerprint density at radius 1 is 1.04 bits per heavy atom. The molecule has 0 atom stereocenters. The third-order valence-electron chi connectivity index (χ3n) is 4.10. The summed E-state index contributed by atoms with van der Waals surface area (Å²) in [6.07, 6.45) is 2.10. The van der Waals surface area contributed by atoms with Gasteiger partial charge in [0.15, 0.2) is 0 Å². The van der Waals surface area contributed by atoms with Gasteiger partial charge in [0.2, 0.25) is 5.91 Å². The zero-order chi connectivity index (χ0) is 16.9. The SMILES string of the molecule is COc1ccccc1CC(=O)N(C)Cc1cccc2ncccc12. The van der Waals surface area contributed by atoms with Crippen LogP contribution in [0.5, 0.6) is 5.75 Å². The van der Waals surface area contributed by atoms with Crippen molar-refractivity contribution in [2.45, 2.75) is 13.0 Å². The summed E-state index contributed by atoms with van der Waals surface area (Å²) in [6, 6.07) is 17.6. The minimum Gasteiger partial charge on any atom is -0.496 e. The number of carbonyl (C=O) groups is 1. The molecule has 4 nitrogen and oxygen atoms in total. The highest BCUT2D eigenvalue weighted by molar-refractivity contribution is 5.83. The van der Waals surface area contributed by atoms with E-state index in [-0.39, 0.29) is 5.91 Å². The molecule has 4 heteroatoms. The molecule has 122 valence electrons. The Morgan fingerprint density at radius 3 is 2.67 bits per heavy atom. The first-order chi connectivity index (χ1) is 11.7. The molecule has 0 N–H and O–H groups in total. The number of carbonyl (C=O) groups excluding carboxylic acids is 1. The van der Waals surface area contributed by atoms with Gasteiger partial charge in [-0.05, 0) is 23.8 Å². The van der Waals surface area contributed by atoms with Crippen molar-refractivity contribution >= 4 is 16.8 Å². The molecular weight excluding hydrogens is 300 g/mol. The lowest BCUT2D eigenvalue weighted by Crippen LogP contribution is -2.28. The Bertz CT molecular complexity index is 856. The van der Waals surface area contributed by atoms with Crippen LogP contribution >= 0.6 is 0 Å². The summed E-state index contributed by atoms with van der Waals surface area (Å²) in [7, 11) is 3.45. The van der Waals surface area contributed by atoms with Crippen LogP contribution in [0.3, 0.4) is 0 Å². The molecule has 1 aromatic heterocycles. The lowest BCUT2D eigenvalue weighted by Gasteiger charge is -2.19. The number of benzene rings is 2. The second-order valence-corrected chi connectivity index (χ2v) is 5.73. The minimum absolute atomic E-state index is 0.0559. The average Bonchev–Trinajstić information content (AvgIpc) is 2.62. The number of likely N-dealkylation sites (N-methyl/N-ethyl adjacent to an activating group) is 1. The van der Waals surface area contributed by atoms with Gasteiger partial charge in [-0.3, -0.25) is 9.78 Å². The number of fused-ring (bicyclic) bond motifs is 1. The summed E-state index contributed by atoms with van der Waals surface area (Å²) >= 11 is 0. The van der Waals surface area contributed by atoms with Crippen LogP contribution in [0.2, 0.25) is 0 Å². The number of rotatable bonds is 5. The zero-order valence-electron chi connectivity index (χ0n) is 13.9. The van der Waals surface area contributed by atoms with Crippen molar-refractivity contribution < 1.29 is 9.53 Å². The molecule has 0 fully saturated rings. The highest BCUT2D eigenvalue weighted by Crippen LogP contribution is 2.20. The molecule has 3 rings (SSSR count). The molecule has 0 aliphatic heterocycles. The van der Waals surface area contributed by atoms with Gasteiger partial charge < -0.3 is 9.64 Å². The number of hydrogen-bond acceptors (Lipinski definition) is 3. The summed E-state index contributed by atoms with van der Waals surface area (Å²) < 4.78 is 5.32. The molecule has 0 aliphatic carbocycles. The third kappa shape index (κ3) is 3.38. The molecule has 0 bridgehead atoms. The fourth-order valence-electron chi connectivity index (χ4n) is 2.80. The standard InChI is InChI=1S/C20H20N2O2/c1-22(20(23)13-15-7-3-4-11-19(15)24-2)14-16-8-5-10-18-17(16)9-6-12-21-18/h3-12H,13-14H2,1-2H3. The molecule has 0 spiro atoms. The van der Waals surface area contributed by atoms with Gasteiger partial charge in [0.1, 0.15) is 5.75 Å². The second-order valence-electron chi connectivity index (χ2n) is 5.73. The molecule has 2 aromatic carbocycles. The van der Waals surface area contributed by atoms with Crippen LogP contribution in [0.4, 0.5) is 0 Å². The molecule has 0 radical (unpaired) electrons. The lowest BCUT2D eigenvalue weighted by molar-refractivity contribution is -0.129. The number of nitrogens with zero attached hydrogens (tertiary/aromatic N) is 2. The Kier molecular flexibility index (Phi) is 4.75. The predicted molar refractivity (Wildman–Crippen MR) is 94.9 cm³/mol. The summed E-state index contributed by atoms with van der Waals surface area (Å²) in [5, 5.41) is 1.08. The Labute approximate surface area is 141 Å². The number of amides is 1. The van der Waals surface area contributed by atoms with Gasteiger partial charge >= 0.3 is 0 Å². The Hall–Kier alpha value is -2.88. The molecule has 0 saturated heterocycles. The molecule has 1 amide bonds. The van der Waals surface area contributed by atoms with Crippen LogP contribution in [0.25, 0.3) is 10.9 Å². The van der Waals surface area contributed by atoms with E-state index in [1.54, 1.807) is 18.2 Å². The maximum Gasteiger partial charge on any atom is 0.227 e.